The third-order valence-corrected chi connectivity index (χ3v) is 5.00. The molecule has 7 nitrogen and oxygen atoms in total. The van der Waals surface area contributed by atoms with E-state index in [4.69, 9.17) is 14.2 Å². The Morgan fingerprint density at radius 3 is 2.12 bits per heavy atom. The molecule has 0 saturated carbocycles. The minimum Gasteiger partial charge on any atom is -0.494 e. The van der Waals surface area contributed by atoms with Crippen LogP contribution in [0.1, 0.15) is 30.1 Å². The number of carbonyl (C=O) groups is 3. The predicted octanol–water partition coefficient (Wildman–Crippen LogP) is 4.96. The first-order chi connectivity index (χ1) is 15.9. The van der Waals surface area contributed by atoms with Crippen LogP contribution < -0.4 is 9.47 Å². The molecule has 0 N–H and O–H groups in total. The normalized spacial score (nSPS) is 10.1. The minimum absolute atomic E-state index is 0.105. The SMILES string of the molecule is C=COC(=O)CCCOc1ccc(SC(=O)c2ccc(OCCOC(=O)C(=C)C)cc2)cc1. The van der Waals surface area contributed by atoms with E-state index >= 15 is 0 Å². The number of benzene rings is 2. The highest BCUT2D eigenvalue weighted by Crippen LogP contribution is 2.26. The molecule has 0 unspecified atom stereocenters. The highest BCUT2D eigenvalue weighted by molar-refractivity contribution is 8.14. The second-order valence-corrected chi connectivity index (χ2v) is 7.80. The van der Waals surface area contributed by atoms with E-state index < -0.39 is 5.97 Å². The summed E-state index contributed by atoms with van der Waals surface area (Å²) in [6, 6.07) is 13.9. The van der Waals surface area contributed by atoms with Gasteiger partial charge in [-0.25, -0.2) is 4.79 Å². The van der Waals surface area contributed by atoms with Gasteiger partial charge >= 0.3 is 11.9 Å². The largest absolute Gasteiger partial charge is 0.494 e. The smallest absolute Gasteiger partial charge is 0.333 e. The summed E-state index contributed by atoms with van der Waals surface area (Å²) in [5.41, 5.74) is 0.869. The molecular formula is C25H26O7S. The van der Waals surface area contributed by atoms with Crippen LogP contribution in [0.15, 0.2) is 78.4 Å². The van der Waals surface area contributed by atoms with E-state index in [0.29, 0.717) is 35.7 Å². The second kappa shape index (κ2) is 13.8. The second-order valence-electron chi connectivity index (χ2n) is 6.76. The first-order valence-electron chi connectivity index (χ1n) is 10.2. The van der Waals surface area contributed by atoms with Crippen LogP contribution in [0.3, 0.4) is 0 Å². The van der Waals surface area contributed by atoms with E-state index in [1.54, 1.807) is 55.5 Å². The van der Waals surface area contributed by atoms with Crippen molar-refractivity contribution >= 4 is 28.8 Å². The molecule has 8 heteroatoms. The lowest BCUT2D eigenvalue weighted by Crippen LogP contribution is -2.12. The first kappa shape index (κ1) is 25.7. The summed E-state index contributed by atoms with van der Waals surface area (Å²) in [5.74, 6) is 0.422. The number of hydrogen-bond acceptors (Lipinski definition) is 8. The lowest BCUT2D eigenvalue weighted by atomic mass is 10.2. The van der Waals surface area contributed by atoms with E-state index in [-0.39, 0.29) is 30.7 Å². The van der Waals surface area contributed by atoms with E-state index in [9.17, 15) is 14.4 Å². The maximum absolute atomic E-state index is 12.5. The number of esters is 2. The molecule has 0 radical (unpaired) electrons. The lowest BCUT2D eigenvalue weighted by molar-refractivity contribution is -0.140. The molecule has 174 valence electrons. The van der Waals surface area contributed by atoms with Crippen molar-refractivity contribution in [3.05, 3.63) is 79.1 Å². The van der Waals surface area contributed by atoms with Gasteiger partial charge in [-0.15, -0.1) is 0 Å². The highest BCUT2D eigenvalue weighted by atomic mass is 32.2. The fraction of sp³-hybridized carbons (Fsp3) is 0.240. The fourth-order valence-electron chi connectivity index (χ4n) is 2.43. The Morgan fingerprint density at radius 2 is 1.52 bits per heavy atom. The summed E-state index contributed by atoms with van der Waals surface area (Å²) in [6.45, 7) is 9.11. The topological polar surface area (TPSA) is 88.1 Å². The molecule has 2 rings (SSSR count). The van der Waals surface area contributed by atoms with Crippen LogP contribution in [0.2, 0.25) is 0 Å². The van der Waals surface area contributed by atoms with Crippen LogP contribution in [0.5, 0.6) is 11.5 Å². The molecule has 0 heterocycles. The average molecular weight is 471 g/mol. The zero-order valence-corrected chi connectivity index (χ0v) is 19.2. The minimum atomic E-state index is -0.456. The zero-order valence-electron chi connectivity index (χ0n) is 18.4. The van der Waals surface area contributed by atoms with Crippen LogP contribution in [-0.4, -0.2) is 36.9 Å². The molecule has 0 saturated heterocycles. The van der Waals surface area contributed by atoms with Crippen molar-refractivity contribution < 1.29 is 33.3 Å². The Morgan fingerprint density at radius 1 is 0.909 bits per heavy atom. The summed E-state index contributed by atoms with van der Waals surface area (Å²) in [7, 11) is 0. The van der Waals surface area contributed by atoms with Crippen molar-refractivity contribution in [2.75, 3.05) is 19.8 Å². The van der Waals surface area contributed by atoms with Crippen molar-refractivity contribution in [3.63, 3.8) is 0 Å². The maximum atomic E-state index is 12.5. The summed E-state index contributed by atoms with van der Waals surface area (Å²) in [5, 5.41) is -0.105. The van der Waals surface area contributed by atoms with Gasteiger partial charge < -0.3 is 18.9 Å². The van der Waals surface area contributed by atoms with E-state index in [1.165, 1.54) is 0 Å². The van der Waals surface area contributed by atoms with Gasteiger partial charge in [0.1, 0.15) is 24.7 Å². The molecule has 0 fully saturated rings. The third kappa shape index (κ3) is 9.65. The van der Waals surface area contributed by atoms with Crippen LogP contribution in [0, 0.1) is 0 Å². The van der Waals surface area contributed by atoms with Crippen LogP contribution >= 0.6 is 11.8 Å². The lowest BCUT2D eigenvalue weighted by Gasteiger charge is -2.08. The van der Waals surface area contributed by atoms with Gasteiger partial charge in [-0.05, 0) is 73.6 Å². The monoisotopic (exact) mass is 470 g/mol. The molecule has 33 heavy (non-hydrogen) atoms. The molecule has 0 bridgehead atoms. The van der Waals surface area contributed by atoms with Gasteiger partial charge in [-0.3, -0.25) is 9.59 Å². The van der Waals surface area contributed by atoms with Crippen LogP contribution in [0.25, 0.3) is 0 Å². The van der Waals surface area contributed by atoms with Gasteiger partial charge in [0.25, 0.3) is 0 Å². The molecule has 0 atom stereocenters. The highest BCUT2D eigenvalue weighted by Gasteiger charge is 2.09. The maximum Gasteiger partial charge on any atom is 0.333 e. The quantitative estimate of drug-likeness (QED) is 0.133. The first-order valence-corrected chi connectivity index (χ1v) is 11.0. The predicted molar refractivity (Wildman–Crippen MR) is 125 cm³/mol. The van der Waals surface area contributed by atoms with Gasteiger partial charge in [0.2, 0.25) is 5.12 Å². The number of ether oxygens (including phenoxy) is 4. The summed E-state index contributed by atoms with van der Waals surface area (Å²) >= 11 is 1.10. The molecular weight excluding hydrogens is 444 g/mol. The fourth-order valence-corrected chi connectivity index (χ4v) is 3.17. The van der Waals surface area contributed by atoms with E-state index in [2.05, 4.69) is 17.9 Å². The van der Waals surface area contributed by atoms with Crippen molar-refractivity contribution in [1.82, 2.24) is 0 Å². The van der Waals surface area contributed by atoms with Gasteiger partial charge in [-0.1, -0.05) is 13.2 Å². The Hall–Kier alpha value is -3.52. The van der Waals surface area contributed by atoms with Gasteiger partial charge in [0.05, 0.1) is 12.9 Å². The number of hydrogen-bond donors (Lipinski definition) is 0. The Bertz CT molecular complexity index is 965. The van der Waals surface area contributed by atoms with Crippen molar-refractivity contribution in [1.29, 1.82) is 0 Å². The Labute approximate surface area is 197 Å². The molecule has 0 aliphatic carbocycles. The van der Waals surface area contributed by atoms with Crippen LogP contribution in [-0.2, 0) is 19.1 Å². The summed E-state index contributed by atoms with van der Waals surface area (Å²) in [6.07, 6.45) is 1.89. The average Bonchev–Trinajstić information content (AvgIpc) is 2.81. The standard InChI is InChI=1S/C25H26O7S/c1-4-29-23(26)6-5-15-30-21-11-13-22(14-12-21)33-25(28)19-7-9-20(10-8-19)31-16-17-32-24(27)18(2)3/h4,7-14H,1-2,5-6,15-17H2,3H3. The number of carbonyl (C=O) groups excluding carboxylic acids is 3. The Balaban J connectivity index is 1.74. The van der Waals surface area contributed by atoms with Crippen molar-refractivity contribution in [3.8, 4) is 11.5 Å². The van der Waals surface area contributed by atoms with Crippen LogP contribution in [0.4, 0.5) is 0 Å². The molecule has 2 aromatic carbocycles. The molecule has 0 aliphatic rings. The zero-order chi connectivity index (χ0) is 24.1. The molecule has 0 spiro atoms. The van der Waals surface area contributed by atoms with Crippen molar-refractivity contribution in [2.45, 2.75) is 24.7 Å². The van der Waals surface area contributed by atoms with E-state index in [0.717, 1.165) is 22.9 Å². The van der Waals surface area contributed by atoms with Crippen molar-refractivity contribution in [2.24, 2.45) is 0 Å². The molecule has 2 aromatic rings. The van der Waals surface area contributed by atoms with Gasteiger partial charge in [0.15, 0.2) is 0 Å². The molecule has 0 aliphatic heterocycles. The number of rotatable bonds is 13. The van der Waals surface area contributed by atoms with Gasteiger partial charge in [-0.2, -0.15) is 0 Å². The summed E-state index contributed by atoms with van der Waals surface area (Å²) in [4.78, 5) is 35.8. The number of thioether (sulfide) groups is 1. The van der Waals surface area contributed by atoms with Gasteiger partial charge in [0, 0.05) is 22.5 Å². The third-order valence-electron chi connectivity index (χ3n) is 4.07. The molecule has 0 aromatic heterocycles. The molecule has 0 amide bonds. The van der Waals surface area contributed by atoms with E-state index in [1.807, 2.05) is 0 Å². The Kier molecular flexibility index (Phi) is 10.8. The summed E-state index contributed by atoms with van der Waals surface area (Å²) < 4.78 is 20.7.